The molecule has 38 heavy (non-hydrogen) atoms. The zero-order valence-electron chi connectivity index (χ0n) is 23.3. The number of nitrogens with one attached hydrogen (secondary N) is 2. The Hall–Kier alpha value is -3.20. The fraction of sp³-hybridized carbons (Fsp3) is 0.586. The molecule has 2 fully saturated rings. The average Bonchev–Trinajstić information content (AvgIpc) is 3.44. The van der Waals surface area contributed by atoms with Gasteiger partial charge in [0.05, 0.1) is 20.3 Å². The van der Waals surface area contributed by atoms with Gasteiger partial charge in [-0.15, -0.1) is 0 Å². The molecule has 9 nitrogen and oxygen atoms in total. The number of methoxy groups -OCH3 is 1. The number of piperidine rings is 1. The topological polar surface area (TPSA) is 87.7 Å². The van der Waals surface area contributed by atoms with Crippen LogP contribution in [0, 0.1) is 5.92 Å². The number of amidine groups is 1. The zero-order chi connectivity index (χ0) is 27.2. The van der Waals surface area contributed by atoms with Crippen LogP contribution in [-0.2, 0) is 4.74 Å². The fourth-order valence-corrected chi connectivity index (χ4v) is 4.69. The van der Waals surface area contributed by atoms with Gasteiger partial charge in [0.15, 0.2) is 11.5 Å². The number of likely N-dealkylation sites (tertiary alicyclic amines) is 2. The Bertz CT molecular complexity index is 950. The quantitative estimate of drug-likeness (QED) is 0.164. The van der Waals surface area contributed by atoms with Crippen molar-refractivity contribution >= 4 is 17.6 Å². The number of allylic oxidation sites excluding steroid dienone is 1. The zero-order valence-corrected chi connectivity index (χ0v) is 23.3. The first kappa shape index (κ1) is 29.4. The molecule has 2 aliphatic heterocycles. The van der Waals surface area contributed by atoms with Crippen LogP contribution in [0.5, 0.6) is 11.5 Å². The minimum absolute atomic E-state index is 0.209. The highest BCUT2D eigenvalue weighted by Gasteiger charge is 2.23. The van der Waals surface area contributed by atoms with E-state index in [1.165, 1.54) is 25.9 Å². The molecule has 0 saturated carbocycles. The van der Waals surface area contributed by atoms with Crippen LogP contribution in [-0.4, -0.2) is 81.3 Å². The third kappa shape index (κ3) is 9.93. The van der Waals surface area contributed by atoms with Crippen molar-refractivity contribution in [1.29, 1.82) is 0 Å². The molecule has 0 aliphatic carbocycles. The highest BCUT2D eigenvalue weighted by Crippen LogP contribution is 2.30. The van der Waals surface area contributed by atoms with Crippen molar-refractivity contribution in [2.45, 2.75) is 46.0 Å². The molecule has 2 N–H and O–H groups in total. The molecule has 9 heteroatoms. The van der Waals surface area contributed by atoms with Crippen LogP contribution in [0.2, 0.25) is 0 Å². The van der Waals surface area contributed by atoms with E-state index in [-0.39, 0.29) is 6.09 Å². The van der Waals surface area contributed by atoms with Crippen molar-refractivity contribution in [2.24, 2.45) is 10.9 Å². The van der Waals surface area contributed by atoms with Gasteiger partial charge in [0.2, 0.25) is 0 Å². The van der Waals surface area contributed by atoms with E-state index < -0.39 is 0 Å². The van der Waals surface area contributed by atoms with Gasteiger partial charge in [-0.25, -0.2) is 9.79 Å². The van der Waals surface area contributed by atoms with Crippen LogP contribution < -0.4 is 20.1 Å². The van der Waals surface area contributed by atoms with Gasteiger partial charge in [-0.2, -0.15) is 0 Å². The molecule has 0 aromatic heterocycles. The molecular formula is C29H45N5O4. The number of ether oxygens (including phenoxy) is 3. The van der Waals surface area contributed by atoms with Crippen molar-refractivity contribution in [2.75, 3.05) is 64.9 Å². The van der Waals surface area contributed by atoms with Gasteiger partial charge in [0.1, 0.15) is 5.84 Å². The third-order valence-corrected chi connectivity index (χ3v) is 6.87. The van der Waals surface area contributed by atoms with Crippen molar-refractivity contribution in [1.82, 2.24) is 15.1 Å². The maximum atomic E-state index is 11.8. The van der Waals surface area contributed by atoms with E-state index in [1.807, 2.05) is 38.1 Å². The number of anilines is 1. The number of carbonyl (C=O) groups excluding carboxylic acids is 1. The Labute approximate surface area is 227 Å². The van der Waals surface area contributed by atoms with E-state index in [4.69, 9.17) is 14.2 Å². The predicted molar refractivity (Wildman–Crippen MR) is 153 cm³/mol. The molecule has 2 aliphatic rings. The van der Waals surface area contributed by atoms with Gasteiger partial charge in [0.25, 0.3) is 0 Å². The summed E-state index contributed by atoms with van der Waals surface area (Å²) in [4.78, 5) is 20.6. The van der Waals surface area contributed by atoms with Gasteiger partial charge in [-0.3, -0.25) is 0 Å². The van der Waals surface area contributed by atoms with Crippen molar-refractivity contribution in [3.8, 4) is 11.5 Å². The van der Waals surface area contributed by atoms with Gasteiger partial charge >= 0.3 is 6.09 Å². The lowest BCUT2D eigenvalue weighted by molar-refractivity contribution is 0.0919. The predicted octanol–water partition coefficient (Wildman–Crippen LogP) is 4.88. The molecule has 3 rings (SSSR count). The second-order valence-electron chi connectivity index (χ2n) is 9.81. The van der Waals surface area contributed by atoms with E-state index in [2.05, 4.69) is 27.1 Å². The fourth-order valence-electron chi connectivity index (χ4n) is 4.69. The number of benzene rings is 1. The second kappa shape index (κ2) is 15.9. The second-order valence-corrected chi connectivity index (χ2v) is 9.81. The summed E-state index contributed by atoms with van der Waals surface area (Å²) in [6.07, 6.45) is 8.91. The first-order chi connectivity index (χ1) is 18.5. The first-order valence-corrected chi connectivity index (χ1v) is 13.8. The molecule has 1 aromatic rings. The third-order valence-electron chi connectivity index (χ3n) is 6.87. The minimum Gasteiger partial charge on any atom is -0.493 e. The monoisotopic (exact) mass is 527 g/mol. The van der Waals surface area contributed by atoms with Crippen molar-refractivity contribution in [3.63, 3.8) is 0 Å². The number of hydrogen-bond acceptors (Lipinski definition) is 7. The lowest BCUT2D eigenvalue weighted by Crippen LogP contribution is -2.40. The Balaban J connectivity index is 1.39. The van der Waals surface area contributed by atoms with Crippen molar-refractivity contribution in [3.05, 3.63) is 42.8 Å². The maximum absolute atomic E-state index is 11.8. The standard InChI is InChI=1S/C29H45N5O4/c1-5-37-29(35)34-18-12-25(13-19-34)22-31-23(2)11-14-30-24(3)32-26-9-10-27(36-4)28(21-26)38-20-8-17-33-15-6-7-16-33/h9-11,14,21,25,31H,2,5-8,12-13,15-20,22H2,1,3-4H3,(H,30,32)/b14-11-. The summed E-state index contributed by atoms with van der Waals surface area (Å²) in [6, 6.07) is 5.81. The average molecular weight is 528 g/mol. The molecule has 1 amide bonds. The number of nitrogens with zero attached hydrogens (tertiary/aromatic N) is 3. The summed E-state index contributed by atoms with van der Waals surface area (Å²) in [6.45, 7) is 14.7. The Morgan fingerprint density at radius 3 is 2.66 bits per heavy atom. The summed E-state index contributed by atoms with van der Waals surface area (Å²) in [5, 5.41) is 6.68. The number of amides is 1. The van der Waals surface area contributed by atoms with Gasteiger partial charge in [0, 0.05) is 49.8 Å². The molecule has 0 radical (unpaired) electrons. The smallest absolute Gasteiger partial charge is 0.409 e. The van der Waals surface area contributed by atoms with Crippen molar-refractivity contribution < 1.29 is 19.0 Å². The van der Waals surface area contributed by atoms with Gasteiger partial charge < -0.3 is 34.6 Å². The summed E-state index contributed by atoms with van der Waals surface area (Å²) < 4.78 is 16.6. The first-order valence-electron chi connectivity index (χ1n) is 13.8. The van der Waals surface area contributed by atoms with Crippen LogP contribution in [0.1, 0.15) is 46.0 Å². The molecule has 0 atom stereocenters. The van der Waals surface area contributed by atoms with E-state index in [0.29, 0.717) is 19.1 Å². The van der Waals surface area contributed by atoms with Crippen LogP contribution >= 0.6 is 0 Å². The summed E-state index contributed by atoms with van der Waals surface area (Å²) in [5.41, 5.74) is 1.70. The summed E-state index contributed by atoms with van der Waals surface area (Å²) in [7, 11) is 1.66. The molecule has 210 valence electrons. The molecule has 0 unspecified atom stereocenters. The molecule has 1 aromatic carbocycles. The normalized spacial score (nSPS) is 17.0. The SMILES string of the molecule is C=C(/C=C\N=C(C)Nc1ccc(OC)c(OCCCN2CCCC2)c1)NCC1CCN(C(=O)OCC)CC1. The molecule has 0 spiro atoms. The molecule has 0 bridgehead atoms. The number of carbonyl (C=O) groups is 1. The van der Waals surface area contributed by atoms with E-state index >= 15 is 0 Å². The maximum Gasteiger partial charge on any atom is 0.409 e. The van der Waals surface area contributed by atoms with E-state index in [0.717, 1.165) is 74.2 Å². The largest absolute Gasteiger partial charge is 0.493 e. The number of rotatable bonds is 13. The number of hydrogen-bond donors (Lipinski definition) is 2. The van der Waals surface area contributed by atoms with Crippen LogP contribution in [0.3, 0.4) is 0 Å². The lowest BCUT2D eigenvalue weighted by Gasteiger charge is -2.31. The van der Waals surface area contributed by atoms with Gasteiger partial charge in [-0.1, -0.05) is 6.58 Å². The van der Waals surface area contributed by atoms with E-state index in [1.54, 1.807) is 18.2 Å². The summed E-state index contributed by atoms with van der Waals surface area (Å²) >= 11 is 0. The van der Waals surface area contributed by atoms with Gasteiger partial charge in [-0.05, 0) is 83.2 Å². The Morgan fingerprint density at radius 2 is 1.95 bits per heavy atom. The molecule has 2 saturated heterocycles. The highest BCUT2D eigenvalue weighted by molar-refractivity contribution is 5.94. The van der Waals surface area contributed by atoms with E-state index in [9.17, 15) is 4.79 Å². The van der Waals surface area contributed by atoms with Crippen LogP contribution in [0.15, 0.2) is 47.7 Å². The Morgan fingerprint density at radius 1 is 1.18 bits per heavy atom. The molecule has 2 heterocycles. The summed E-state index contributed by atoms with van der Waals surface area (Å²) in [5.74, 6) is 2.71. The van der Waals surface area contributed by atoms with Crippen LogP contribution in [0.25, 0.3) is 0 Å². The lowest BCUT2D eigenvalue weighted by atomic mass is 9.97. The minimum atomic E-state index is -0.209. The Kier molecular flexibility index (Phi) is 12.3. The number of aliphatic imine (C=N–C) groups is 1. The molecular weight excluding hydrogens is 482 g/mol. The van der Waals surface area contributed by atoms with Crippen LogP contribution in [0.4, 0.5) is 10.5 Å². The highest BCUT2D eigenvalue weighted by atomic mass is 16.6.